The van der Waals surface area contributed by atoms with E-state index in [1.165, 1.54) is 5.56 Å². The zero-order valence-corrected chi connectivity index (χ0v) is 27.5. The predicted octanol–water partition coefficient (Wildman–Crippen LogP) is 8.07. The van der Waals surface area contributed by atoms with Crippen molar-refractivity contribution < 1.29 is 19.4 Å². The van der Waals surface area contributed by atoms with E-state index in [9.17, 15) is 9.90 Å². The van der Waals surface area contributed by atoms with Gasteiger partial charge in [-0.25, -0.2) is 0 Å². The summed E-state index contributed by atoms with van der Waals surface area (Å²) in [7, 11) is 2.13. The van der Waals surface area contributed by atoms with E-state index >= 15 is 0 Å². The molecule has 0 unspecified atom stereocenters. The number of aliphatic hydroxyl groups excluding tert-OH is 1. The molecule has 0 bridgehead atoms. The van der Waals surface area contributed by atoms with Crippen LogP contribution in [-0.4, -0.2) is 39.4 Å². The van der Waals surface area contributed by atoms with Crippen LogP contribution in [0.4, 0.5) is 0 Å². The van der Waals surface area contributed by atoms with Gasteiger partial charge in [-0.1, -0.05) is 132 Å². The summed E-state index contributed by atoms with van der Waals surface area (Å²) in [5, 5.41) is 12.2. The van der Waals surface area contributed by atoms with Gasteiger partial charge < -0.3 is 19.9 Å². The lowest BCUT2D eigenvalue weighted by atomic mass is 9.98. The second-order valence-electron chi connectivity index (χ2n) is 11.4. The van der Waals surface area contributed by atoms with Crippen molar-refractivity contribution >= 4 is 40.7 Å². The predicted molar refractivity (Wildman–Crippen MR) is 180 cm³/mol. The topological polar surface area (TPSA) is 71.0 Å². The number of amides is 1. The second-order valence-corrected chi connectivity index (χ2v) is 13.7. The van der Waals surface area contributed by atoms with E-state index in [-0.39, 0.29) is 31.4 Å². The summed E-state index contributed by atoms with van der Waals surface area (Å²) in [4.78, 5) is 14.3. The molecule has 1 aliphatic rings. The van der Waals surface area contributed by atoms with Gasteiger partial charge in [0, 0.05) is 31.1 Å². The van der Waals surface area contributed by atoms with Crippen LogP contribution in [0.5, 0.6) is 0 Å². The first-order chi connectivity index (χ1) is 21.6. The molecule has 0 radical (unpaired) electrons. The van der Waals surface area contributed by atoms with Gasteiger partial charge in [-0.2, -0.15) is 0 Å². The lowest BCUT2D eigenvalue weighted by molar-refractivity contribution is -0.253. The molecule has 4 aromatic rings. The van der Waals surface area contributed by atoms with Crippen molar-refractivity contribution in [1.29, 1.82) is 0 Å². The van der Waals surface area contributed by atoms with Crippen LogP contribution in [0.15, 0.2) is 103 Å². The van der Waals surface area contributed by atoms with Crippen molar-refractivity contribution in [2.75, 3.05) is 13.6 Å². The molecule has 236 valence electrons. The van der Waals surface area contributed by atoms with Gasteiger partial charge in [0.1, 0.15) is 0 Å². The highest BCUT2D eigenvalue weighted by Gasteiger charge is 2.33. The lowest BCUT2D eigenvalue weighted by Crippen LogP contribution is -2.38. The Balaban J connectivity index is 1.32. The number of nitrogens with zero attached hydrogens (tertiary/aromatic N) is 1. The summed E-state index contributed by atoms with van der Waals surface area (Å²) in [6.07, 6.45) is -0.0762. The van der Waals surface area contributed by atoms with Gasteiger partial charge in [0.2, 0.25) is 0 Å². The van der Waals surface area contributed by atoms with E-state index in [0.29, 0.717) is 6.42 Å². The minimum atomic E-state index is -2.01. The van der Waals surface area contributed by atoms with E-state index in [1.54, 1.807) is 0 Å². The average Bonchev–Trinajstić information content (AvgIpc) is 3.07. The zero-order valence-electron chi connectivity index (χ0n) is 25.2. The highest BCUT2D eigenvalue weighted by atomic mass is 35.6. The van der Waals surface area contributed by atoms with E-state index in [0.717, 1.165) is 39.9 Å². The van der Waals surface area contributed by atoms with Crippen LogP contribution in [0.1, 0.15) is 59.6 Å². The molecular formula is C36H37Cl3N2O4. The van der Waals surface area contributed by atoms with Crippen LogP contribution < -0.4 is 5.32 Å². The highest BCUT2D eigenvalue weighted by molar-refractivity contribution is 6.76. The monoisotopic (exact) mass is 666 g/mol. The van der Waals surface area contributed by atoms with Crippen LogP contribution in [0.25, 0.3) is 11.1 Å². The Kier molecular flexibility index (Phi) is 11.2. The number of aliphatic hydroxyl groups is 1. The normalized spacial score (nSPS) is 19.3. The first kappa shape index (κ1) is 33.4. The molecule has 6 nitrogen and oxygen atoms in total. The third-order valence-electron chi connectivity index (χ3n) is 8.20. The SMILES string of the molecule is C[C@@H](c1ccccc1)N(C)C[C@H]1C[C@@H](c2ccc(CO)cc2)O[C@@H](c2ccc(-c3cccc(CNC(=O)C(Cl)(Cl)Cl)c3)cc2)O1. The van der Waals surface area contributed by atoms with E-state index in [2.05, 4.69) is 48.5 Å². The number of carbonyl (C=O) groups is 1. The quantitative estimate of drug-likeness (QED) is 0.168. The Hall–Kier alpha value is -2.94. The number of alkyl halides is 3. The maximum Gasteiger partial charge on any atom is 0.272 e. The van der Waals surface area contributed by atoms with Crippen molar-refractivity contribution in [2.45, 2.75) is 54.8 Å². The smallest absolute Gasteiger partial charge is 0.272 e. The van der Waals surface area contributed by atoms with Crippen LogP contribution in [0.3, 0.4) is 0 Å². The summed E-state index contributed by atoms with van der Waals surface area (Å²) >= 11 is 17.0. The molecule has 1 amide bonds. The van der Waals surface area contributed by atoms with Gasteiger partial charge in [-0.3, -0.25) is 9.69 Å². The number of carbonyl (C=O) groups excluding carboxylic acids is 1. The number of ether oxygens (including phenoxy) is 2. The largest absolute Gasteiger partial charge is 0.392 e. The molecule has 1 aliphatic heterocycles. The van der Waals surface area contributed by atoms with Gasteiger partial charge in [0.15, 0.2) is 6.29 Å². The minimum absolute atomic E-state index is 0.00118. The molecule has 1 fully saturated rings. The summed E-state index contributed by atoms with van der Waals surface area (Å²) < 4.78 is 11.1. The van der Waals surface area contributed by atoms with Gasteiger partial charge in [-0.15, -0.1) is 0 Å². The van der Waals surface area contributed by atoms with Crippen LogP contribution in [0.2, 0.25) is 0 Å². The standard InChI is InChI=1S/C36H37Cl3N2O4/c1-24(27-8-4-3-5-9-27)41(2)22-32-20-33(29-13-11-25(23-42)12-14-29)45-34(44-32)30-17-15-28(16-18-30)31-10-6-7-26(19-31)21-40-35(43)36(37,38)39/h3-19,24,32-34,42H,20-23H2,1-2H3,(H,40,43)/t24-,32+,33-,34-/m0/s1. The van der Waals surface area contributed by atoms with Crippen LogP contribution >= 0.6 is 34.8 Å². The Morgan fingerprint density at radius 1 is 0.889 bits per heavy atom. The van der Waals surface area contributed by atoms with Gasteiger partial charge >= 0.3 is 0 Å². The molecule has 1 heterocycles. The Morgan fingerprint density at radius 3 is 2.24 bits per heavy atom. The third kappa shape index (κ3) is 8.87. The molecule has 4 aromatic carbocycles. The Morgan fingerprint density at radius 2 is 1.58 bits per heavy atom. The summed E-state index contributed by atoms with van der Waals surface area (Å²) in [5.41, 5.74) is 6.97. The first-order valence-electron chi connectivity index (χ1n) is 14.9. The molecule has 9 heteroatoms. The lowest BCUT2D eigenvalue weighted by Gasteiger charge is -2.39. The maximum atomic E-state index is 12.0. The molecule has 1 saturated heterocycles. The number of hydrogen-bond donors (Lipinski definition) is 2. The fourth-order valence-electron chi connectivity index (χ4n) is 5.47. The average molecular weight is 668 g/mol. The molecule has 5 rings (SSSR count). The van der Waals surface area contributed by atoms with Crippen molar-refractivity contribution in [1.82, 2.24) is 10.2 Å². The molecule has 0 aromatic heterocycles. The van der Waals surface area contributed by atoms with Crippen molar-refractivity contribution in [2.24, 2.45) is 0 Å². The molecular weight excluding hydrogens is 631 g/mol. The Labute approximate surface area is 279 Å². The number of rotatable bonds is 10. The number of likely N-dealkylation sites (N-methyl/N-ethyl adjacent to an activating group) is 1. The summed E-state index contributed by atoms with van der Waals surface area (Å²) in [5.74, 6) is -0.670. The molecule has 45 heavy (non-hydrogen) atoms. The summed E-state index contributed by atoms with van der Waals surface area (Å²) in [6, 6.07) is 34.6. The number of hydrogen-bond acceptors (Lipinski definition) is 5. The molecule has 0 aliphatic carbocycles. The van der Waals surface area contributed by atoms with Crippen molar-refractivity contribution in [3.63, 3.8) is 0 Å². The van der Waals surface area contributed by atoms with Crippen LogP contribution in [-0.2, 0) is 27.4 Å². The van der Waals surface area contributed by atoms with Crippen LogP contribution in [0, 0.1) is 0 Å². The number of nitrogens with one attached hydrogen (secondary N) is 1. The van der Waals surface area contributed by atoms with Gasteiger partial charge in [0.25, 0.3) is 9.70 Å². The minimum Gasteiger partial charge on any atom is -0.392 e. The maximum absolute atomic E-state index is 12.0. The molecule has 4 atom stereocenters. The Bertz CT molecular complexity index is 1550. The first-order valence-corrected chi connectivity index (χ1v) is 16.0. The van der Waals surface area contributed by atoms with Gasteiger partial charge in [0.05, 0.1) is 18.8 Å². The van der Waals surface area contributed by atoms with Crippen molar-refractivity contribution in [3.05, 3.63) is 131 Å². The molecule has 0 spiro atoms. The van der Waals surface area contributed by atoms with E-state index in [1.807, 2.05) is 78.9 Å². The zero-order chi connectivity index (χ0) is 32.0. The third-order valence-corrected chi connectivity index (χ3v) is 8.72. The highest BCUT2D eigenvalue weighted by Crippen LogP contribution is 2.39. The second kappa shape index (κ2) is 15.1. The van der Waals surface area contributed by atoms with E-state index < -0.39 is 16.0 Å². The molecule has 0 saturated carbocycles. The van der Waals surface area contributed by atoms with Gasteiger partial charge in [-0.05, 0) is 53.4 Å². The molecule has 2 N–H and O–H groups in total. The fourth-order valence-corrected chi connectivity index (χ4v) is 5.67. The van der Waals surface area contributed by atoms with E-state index in [4.69, 9.17) is 44.3 Å². The fraction of sp³-hybridized carbons (Fsp3) is 0.306. The van der Waals surface area contributed by atoms with Crippen molar-refractivity contribution in [3.8, 4) is 11.1 Å². The number of halogens is 3. The summed E-state index contributed by atoms with van der Waals surface area (Å²) in [6.45, 7) is 3.18. The number of benzene rings is 4.